The minimum atomic E-state index is -0.273. The molecule has 0 saturated carbocycles. The van der Waals surface area contributed by atoms with E-state index in [0.29, 0.717) is 12.3 Å². The number of carbonyl (C=O) groups excluding carboxylic acids is 1. The Kier molecular flexibility index (Phi) is 4.49. The number of hydrogen-bond donors (Lipinski definition) is 1. The summed E-state index contributed by atoms with van der Waals surface area (Å²) in [4.78, 5) is 13.7. The van der Waals surface area contributed by atoms with Crippen LogP contribution < -0.4 is 4.68 Å². The highest BCUT2D eigenvalue weighted by Gasteiger charge is 2.23. The fourth-order valence-corrected chi connectivity index (χ4v) is 1.44. The van der Waals surface area contributed by atoms with E-state index in [9.17, 15) is 4.79 Å². The molecular formula is C11H20N3O2+. The van der Waals surface area contributed by atoms with Crippen LogP contribution in [0.5, 0.6) is 0 Å². The summed E-state index contributed by atoms with van der Waals surface area (Å²) in [5, 5.41) is 3.13. The van der Waals surface area contributed by atoms with Crippen LogP contribution in [0.1, 0.15) is 23.1 Å². The maximum absolute atomic E-state index is 11.6. The molecule has 0 aliphatic rings. The quantitative estimate of drug-likeness (QED) is 0.582. The molecule has 90 valence electrons. The Hall–Kier alpha value is -1.36. The van der Waals surface area contributed by atoms with E-state index in [4.69, 9.17) is 4.74 Å². The second-order valence-corrected chi connectivity index (χ2v) is 4.00. The van der Waals surface area contributed by atoms with Gasteiger partial charge in [0.25, 0.3) is 0 Å². The number of aryl methyl sites for hydroxylation is 1. The van der Waals surface area contributed by atoms with Crippen LogP contribution in [0.4, 0.5) is 0 Å². The minimum absolute atomic E-state index is 0.273. The first-order chi connectivity index (χ1) is 7.54. The predicted octanol–water partition coefficient (Wildman–Crippen LogP) is 0.349. The number of aromatic nitrogens is 2. The van der Waals surface area contributed by atoms with Gasteiger partial charge in [-0.1, -0.05) is 0 Å². The van der Waals surface area contributed by atoms with Crippen molar-refractivity contribution >= 4 is 5.97 Å². The average Bonchev–Trinajstić information content (AvgIpc) is 2.57. The zero-order chi connectivity index (χ0) is 12.1. The van der Waals surface area contributed by atoms with Gasteiger partial charge < -0.3 is 9.64 Å². The Bertz CT molecular complexity index is 358. The van der Waals surface area contributed by atoms with Gasteiger partial charge in [-0.2, -0.15) is 5.10 Å². The lowest BCUT2D eigenvalue weighted by Gasteiger charge is -2.05. The Morgan fingerprint density at radius 2 is 2.25 bits per heavy atom. The Labute approximate surface area is 96.0 Å². The van der Waals surface area contributed by atoms with Crippen LogP contribution in [0, 0.1) is 6.92 Å². The van der Waals surface area contributed by atoms with Crippen LogP contribution >= 0.6 is 0 Å². The van der Waals surface area contributed by atoms with Crippen LogP contribution in [-0.2, 0) is 11.3 Å². The number of ether oxygens (including phenoxy) is 1. The van der Waals surface area contributed by atoms with Crippen molar-refractivity contribution in [1.82, 2.24) is 10.00 Å². The van der Waals surface area contributed by atoms with Crippen molar-refractivity contribution < 1.29 is 14.2 Å². The topological polar surface area (TPSA) is 49.2 Å². The Morgan fingerprint density at radius 1 is 1.56 bits per heavy atom. The molecule has 0 spiro atoms. The standard InChI is InChI=1S/C11H19N3O2/c1-5-16-11(15)10-8-9(2)12-14(10)7-6-13(3)4/h8H,5-7H2,1-4H3/p+1. The van der Waals surface area contributed by atoms with E-state index >= 15 is 0 Å². The molecule has 1 rings (SSSR count). The Balaban J connectivity index is 2.78. The molecule has 0 bridgehead atoms. The van der Waals surface area contributed by atoms with E-state index in [2.05, 4.69) is 10.00 Å². The highest BCUT2D eigenvalue weighted by atomic mass is 16.5. The normalized spacial score (nSPS) is 10.8. The number of rotatable bonds is 5. The monoisotopic (exact) mass is 226 g/mol. The molecule has 0 aliphatic carbocycles. The highest BCUT2D eigenvalue weighted by Crippen LogP contribution is 1.99. The van der Waals surface area contributed by atoms with E-state index < -0.39 is 0 Å². The van der Waals surface area contributed by atoms with E-state index in [1.165, 1.54) is 0 Å². The summed E-state index contributed by atoms with van der Waals surface area (Å²) in [5.41, 5.74) is 1.54. The van der Waals surface area contributed by atoms with Crippen molar-refractivity contribution in [2.45, 2.75) is 20.4 Å². The number of likely N-dealkylation sites (N-methyl/N-ethyl adjacent to an activating group) is 1. The lowest BCUT2D eigenvalue weighted by molar-refractivity contribution is -0.751. The number of esters is 1. The van der Waals surface area contributed by atoms with E-state index in [1.807, 2.05) is 38.7 Å². The molecule has 1 aromatic heterocycles. The molecule has 0 radical (unpaired) electrons. The molecule has 0 atom stereocenters. The van der Waals surface area contributed by atoms with Gasteiger partial charge in [-0.15, -0.1) is 4.68 Å². The highest BCUT2D eigenvalue weighted by molar-refractivity contribution is 5.85. The third kappa shape index (κ3) is 3.34. The minimum Gasteiger partial charge on any atom is -0.458 e. The van der Waals surface area contributed by atoms with E-state index in [0.717, 1.165) is 18.8 Å². The molecule has 1 N–H and O–H groups in total. The van der Waals surface area contributed by atoms with Crippen LogP contribution in [0.3, 0.4) is 0 Å². The fourth-order valence-electron chi connectivity index (χ4n) is 1.44. The third-order valence-electron chi connectivity index (χ3n) is 2.21. The van der Waals surface area contributed by atoms with Gasteiger partial charge in [0.15, 0.2) is 6.54 Å². The van der Waals surface area contributed by atoms with Gasteiger partial charge in [-0.05, 0) is 27.9 Å². The lowest BCUT2D eigenvalue weighted by Crippen LogP contribution is -2.45. The molecule has 1 aromatic rings. The fraction of sp³-hybridized carbons (Fsp3) is 0.636. The second-order valence-electron chi connectivity index (χ2n) is 4.00. The summed E-state index contributed by atoms with van der Waals surface area (Å²) < 4.78 is 6.82. The van der Waals surface area contributed by atoms with E-state index in [-0.39, 0.29) is 5.97 Å². The van der Waals surface area contributed by atoms with Crippen LogP contribution in [-0.4, -0.2) is 43.2 Å². The number of hydrogen-bond acceptors (Lipinski definition) is 3. The molecule has 0 amide bonds. The van der Waals surface area contributed by atoms with Crippen molar-refractivity contribution in [3.05, 3.63) is 17.5 Å². The number of carbonyl (C=O) groups is 1. The second kappa shape index (κ2) is 5.65. The molecule has 0 unspecified atom stereocenters. The zero-order valence-electron chi connectivity index (χ0n) is 10.4. The van der Waals surface area contributed by atoms with Gasteiger partial charge in [0, 0.05) is 6.07 Å². The first-order valence-corrected chi connectivity index (χ1v) is 5.46. The van der Waals surface area contributed by atoms with Gasteiger partial charge in [-0.25, -0.2) is 4.79 Å². The van der Waals surface area contributed by atoms with Gasteiger partial charge in [0.05, 0.1) is 18.8 Å². The number of nitrogens with zero attached hydrogens (tertiary/aromatic N) is 2. The first kappa shape index (κ1) is 12.7. The predicted molar refractivity (Wildman–Crippen MR) is 60.2 cm³/mol. The largest absolute Gasteiger partial charge is 0.458 e. The molecule has 0 aromatic carbocycles. The van der Waals surface area contributed by atoms with Crippen molar-refractivity contribution in [1.29, 1.82) is 0 Å². The summed E-state index contributed by atoms with van der Waals surface area (Å²) in [5.74, 6) is -0.273. The molecule has 1 heterocycles. The van der Waals surface area contributed by atoms with Gasteiger partial charge in [0.1, 0.15) is 0 Å². The van der Waals surface area contributed by atoms with Crippen molar-refractivity contribution in [3.63, 3.8) is 0 Å². The van der Waals surface area contributed by atoms with Gasteiger partial charge in [-0.3, -0.25) is 0 Å². The molecule has 5 heteroatoms. The molecule has 0 fully saturated rings. The maximum atomic E-state index is 11.6. The Morgan fingerprint density at radius 3 is 2.81 bits per heavy atom. The zero-order valence-corrected chi connectivity index (χ0v) is 10.4. The summed E-state index contributed by atoms with van der Waals surface area (Å²) >= 11 is 0. The number of H-pyrrole nitrogens is 1. The lowest BCUT2D eigenvalue weighted by atomic mass is 10.3. The van der Waals surface area contributed by atoms with Gasteiger partial charge in [0.2, 0.25) is 0 Å². The summed E-state index contributed by atoms with van der Waals surface area (Å²) in [7, 11) is 4.00. The molecule has 5 nitrogen and oxygen atoms in total. The summed E-state index contributed by atoms with van der Waals surface area (Å²) in [6.45, 7) is 5.75. The average molecular weight is 226 g/mol. The van der Waals surface area contributed by atoms with Crippen molar-refractivity contribution in [2.75, 3.05) is 27.2 Å². The van der Waals surface area contributed by atoms with Crippen LogP contribution in [0.15, 0.2) is 6.07 Å². The summed E-state index contributed by atoms with van der Waals surface area (Å²) in [6, 6.07) is 1.81. The first-order valence-electron chi connectivity index (χ1n) is 5.46. The number of nitrogens with one attached hydrogen (secondary N) is 1. The van der Waals surface area contributed by atoms with E-state index in [1.54, 1.807) is 0 Å². The molecule has 0 aliphatic heterocycles. The third-order valence-corrected chi connectivity index (χ3v) is 2.21. The molecule has 16 heavy (non-hydrogen) atoms. The smallest absolute Gasteiger partial charge is 0.406 e. The van der Waals surface area contributed by atoms with Crippen LogP contribution in [0.25, 0.3) is 0 Å². The molecular weight excluding hydrogens is 206 g/mol. The SMILES string of the molecule is CCOC(=O)c1cc(C)[nH][n+]1CCN(C)C. The van der Waals surface area contributed by atoms with Crippen molar-refractivity contribution in [3.8, 4) is 0 Å². The van der Waals surface area contributed by atoms with Gasteiger partial charge >= 0.3 is 11.7 Å². The summed E-state index contributed by atoms with van der Waals surface area (Å²) in [6.07, 6.45) is 0. The number of aromatic amines is 1. The van der Waals surface area contributed by atoms with Crippen LogP contribution in [0.2, 0.25) is 0 Å². The molecule has 0 saturated heterocycles. The van der Waals surface area contributed by atoms with Crippen molar-refractivity contribution in [2.24, 2.45) is 0 Å². The maximum Gasteiger partial charge on any atom is 0.406 e.